The molecule has 0 saturated carbocycles. The number of nitrogens with zero attached hydrogens (tertiary/aromatic N) is 1. The minimum atomic E-state index is -0.211. The summed E-state index contributed by atoms with van der Waals surface area (Å²) in [6.45, 7) is 1.85. The van der Waals surface area contributed by atoms with Crippen molar-refractivity contribution >= 4 is 34.8 Å². The third-order valence-electron chi connectivity index (χ3n) is 2.40. The van der Waals surface area contributed by atoms with E-state index >= 15 is 0 Å². The first-order valence-electron chi connectivity index (χ1n) is 5.25. The second kappa shape index (κ2) is 5.38. The van der Waals surface area contributed by atoms with E-state index in [1.165, 1.54) is 6.20 Å². The quantitative estimate of drug-likeness (QED) is 0.847. The molecule has 0 radical (unpaired) electrons. The summed E-state index contributed by atoms with van der Waals surface area (Å²) in [5.74, 6) is -0.211. The lowest BCUT2D eigenvalue weighted by atomic mass is 10.1. The zero-order valence-corrected chi connectivity index (χ0v) is 11.1. The van der Waals surface area contributed by atoms with Crippen LogP contribution in [0.3, 0.4) is 0 Å². The van der Waals surface area contributed by atoms with Gasteiger partial charge in [0.1, 0.15) is 5.15 Å². The van der Waals surface area contributed by atoms with Gasteiger partial charge in [-0.25, -0.2) is 4.98 Å². The topological polar surface area (TPSA) is 42.0 Å². The van der Waals surface area contributed by atoms with Crippen molar-refractivity contribution in [2.45, 2.75) is 6.92 Å². The molecule has 1 N–H and O–H groups in total. The Labute approximate surface area is 115 Å². The number of hydrogen-bond donors (Lipinski definition) is 1. The highest BCUT2D eigenvalue weighted by Gasteiger charge is 2.07. The summed E-state index contributed by atoms with van der Waals surface area (Å²) < 4.78 is 0. The molecule has 0 aliphatic rings. The van der Waals surface area contributed by atoms with Crippen molar-refractivity contribution in [1.29, 1.82) is 0 Å². The number of pyridine rings is 1. The van der Waals surface area contributed by atoms with E-state index in [9.17, 15) is 4.79 Å². The molecule has 1 amide bonds. The number of amides is 1. The fourth-order valence-corrected chi connectivity index (χ4v) is 1.76. The van der Waals surface area contributed by atoms with Crippen LogP contribution in [-0.4, -0.2) is 10.9 Å². The van der Waals surface area contributed by atoms with E-state index < -0.39 is 0 Å². The molecular weight excluding hydrogens is 271 g/mol. The molecule has 1 heterocycles. The van der Waals surface area contributed by atoms with Gasteiger partial charge in [-0.3, -0.25) is 4.79 Å². The normalized spacial score (nSPS) is 10.2. The predicted octanol–water partition coefficient (Wildman–Crippen LogP) is 3.95. The molecule has 0 aliphatic carbocycles. The van der Waals surface area contributed by atoms with E-state index in [0.717, 1.165) is 5.56 Å². The lowest BCUT2D eigenvalue weighted by Gasteiger charge is -2.06. The second-order valence-corrected chi connectivity index (χ2v) is 4.58. The number of carbonyl (C=O) groups is 1. The first-order valence-corrected chi connectivity index (χ1v) is 6.01. The third kappa shape index (κ3) is 3.00. The Morgan fingerprint density at radius 2 is 2.00 bits per heavy atom. The van der Waals surface area contributed by atoms with Gasteiger partial charge in [-0.1, -0.05) is 23.2 Å². The molecule has 3 nitrogen and oxygen atoms in total. The predicted molar refractivity (Wildman–Crippen MR) is 73.4 cm³/mol. The molecule has 0 fully saturated rings. The smallest absolute Gasteiger partial charge is 0.255 e. The molecule has 92 valence electrons. The average molecular weight is 281 g/mol. The number of nitrogens with one attached hydrogen (secondary N) is 1. The van der Waals surface area contributed by atoms with Crippen molar-refractivity contribution in [2.75, 3.05) is 5.32 Å². The van der Waals surface area contributed by atoms with Crippen molar-refractivity contribution in [1.82, 2.24) is 4.98 Å². The highest BCUT2D eigenvalue weighted by molar-refractivity contribution is 6.31. The molecule has 2 rings (SSSR count). The molecule has 1 aromatic heterocycles. The van der Waals surface area contributed by atoms with Crippen LogP contribution in [0, 0.1) is 6.92 Å². The maximum Gasteiger partial charge on any atom is 0.255 e. The van der Waals surface area contributed by atoms with Crippen molar-refractivity contribution in [3.05, 3.63) is 57.8 Å². The molecule has 2 aromatic rings. The lowest BCUT2D eigenvalue weighted by Crippen LogP contribution is -2.12. The van der Waals surface area contributed by atoms with Crippen LogP contribution in [0.4, 0.5) is 5.69 Å². The molecule has 0 unspecified atom stereocenters. The van der Waals surface area contributed by atoms with Gasteiger partial charge < -0.3 is 5.32 Å². The molecule has 0 saturated heterocycles. The monoisotopic (exact) mass is 280 g/mol. The number of hydrogen-bond acceptors (Lipinski definition) is 2. The minimum absolute atomic E-state index is 0.211. The molecule has 0 atom stereocenters. The molecule has 5 heteroatoms. The van der Waals surface area contributed by atoms with Crippen LogP contribution in [0.2, 0.25) is 10.2 Å². The molecule has 0 aliphatic heterocycles. The minimum Gasteiger partial charge on any atom is -0.322 e. The Hall–Kier alpha value is -1.58. The SMILES string of the molecule is Cc1cc(C(=O)Nc2ccnc(Cl)c2)ccc1Cl. The largest absolute Gasteiger partial charge is 0.322 e. The van der Waals surface area contributed by atoms with Gasteiger partial charge >= 0.3 is 0 Å². The summed E-state index contributed by atoms with van der Waals surface area (Å²) in [4.78, 5) is 15.8. The van der Waals surface area contributed by atoms with Crippen LogP contribution in [0.25, 0.3) is 0 Å². The van der Waals surface area contributed by atoms with Gasteiger partial charge in [0.05, 0.1) is 0 Å². The van der Waals surface area contributed by atoms with Crippen molar-refractivity contribution in [3.63, 3.8) is 0 Å². The first-order chi connectivity index (χ1) is 8.56. The van der Waals surface area contributed by atoms with Crippen LogP contribution in [0.5, 0.6) is 0 Å². The van der Waals surface area contributed by atoms with E-state index in [0.29, 0.717) is 21.4 Å². The second-order valence-electron chi connectivity index (χ2n) is 3.79. The van der Waals surface area contributed by atoms with Gasteiger partial charge in [-0.05, 0) is 42.8 Å². The van der Waals surface area contributed by atoms with E-state index in [4.69, 9.17) is 23.2 Å². The number of halogens is 2. The Morgan fingerprint density at radius 1 is 1.22 bits per heavy atom. The summed E-state index contributed by atoms with van der Waals surface area (Å²) in [6.07, 6.45) is 1.53. The number of carbonyl (C=O) groups excluding carboxylic acids is 1. The number of aryl methyl sites for hydroxylation is 1. The zero-order valence-electron chi connectivity index (χ0n) is 9.58. The summed E-state index contributed by atoms with van der Waals surface area (Å²) in [7, 11) is 0. The highest BCUT2D eigenvalue weighted by Crippen LogP contribution is 2.18. The van der Waals surface area contributed by atoms with Gasteiger partial charge in [0.25, 0.3) is 5.91 Å². The van der Waals surface area contributed by atoms with Crippen molar-refractivity contribution < 1.29 is 4.79 Å². The Kier molecular flexibility index (Phi) is 3.84. The number of rotatable bonds is 2. The van der Waals surface area contributed by atoms with Gasteiger partial charge in [-0.2, -0.15) is 0 Å². The van der Waals surface area contributed by atoms with Crippen LogP contribution in [0.1, 0.15) is 15.9 Å². The van der Waals surface area contributed by atoms with E-state index in [1.807, 2.05) is 6.92 Å². The van der Waals surface area contributed by atoms with Crippen LogP contribution in [0.15, 0.2) is 36.5 Å². The lowest BCUT2D eigenvalue weighted by molar-refractivity contribution is 0.102. The molecule has 1 aromatic carbocycles. The molecule has 0 bridgehead atoms. The number of aromatic nitrogens is 1. The summed E-state index contributed by atoms with van der Waals surface area (Å²) in [5.41, 5.74) is 2.01. The van der Waals surface area contributed by atoms with Crippen molar-refractivity contribution in [3.8, 4) is 0 Å². The highest BCUT2D eigenvalue weighted by atomic mass is 35.5. The molecular formula is C13H10Cl2N2O. The maximum absolute atomic E-state index is 12.0. The van der Waals surface area contributed by atoms with Crippen molar-refractivity contribution in [2.24, 2.45) is 0 Å². The van der Waals surface area contributed by atoms with Crippen LogP contribution in [-0.2, 0) is 0 Å². The Balaban J connectivity index is 2.19. The fourth-order valence-electron chi connectivity index (χ4n) is 1.47. The van der Waals surface area contributed by atoms with E-state index in [2.05, 4.69) is 10.3 Å². The van der Waals surface area contributed by atoms with Gasteiger partial charge in [0.2, 0.25) is 0 Å². The third-order valence-corrected chi connectivity index (χ3v) is 3.04. The van der Waals surface area contributed by atoms with Crippen LogP contribution >= 0.6 is 23.2 Å². The number of anilines is 1. The van der Waals surface area contributed by atoms with E-state index in [1.54, 1.807) is 30.3 Å². The van der Waals surface area contributed by atoms with Gasteiger partial charge in [-0.15, -0.1) is 0 Å². The molecule has 0 spiro atoms. The maximum atomic E-state index is 12.0. The fraction of sp³-hybridized carbons (Fsp3) is 0.0769. The summed E-state index contributed by atoms with van der Waals surface area (Å²) in [5, 5.41) is 3.71. The zero-order chi connectivity index (χ0) is 13.1. The van der Waals surface area contributed by atoms with Gasteiger partial charge in [0.15, 0.2) is 0 Å². The van der Waals surface area contributed by atoms with E-state index in [-0.39, 0.29) is 5.91 Å². The summed E-state index contributed by atoms with van der Waals surface area (Å²) >= 11 is 11.6. The standard InChI is InChI=1S/C13H10Cl2N2O/c1-8-6-9(2-3-11(8)14)13(18)17-10-4-5-16-12(15)7-10/h2-7H,1H3,(H,16,17,18). The van der Waals surface area contributed by atoms with Gasteiger partial charge in [0, 0.05) is 22.5 Å². The van der Waals surface area contributed by atoms with Crippen LogP contribution < -0.4 is 5.32 Å². The average Bonchev–Trinajstić information content (AvgIpc) is 2.32. The first kappa shape index (κ1) is 12.9. The number of benzene rings is 1. The Morgan fingerprint density at radius 3 is 2.67 bits per heavy atom. The molecule has 18 heavy (non-hydrogen) atoms. The summed E-state index contributed by atoms with van der Waals surface area (Å²) in [6, 6.07) is 8.37. The Bertz CT molecular complexity index is 599.